The number of dihydropyridines is 1. The van der Waals surface area contributed by atoms with Crippen LogP contribution in [0.15, 0.2) is 44.9 Å². The standard InChI is InChI=1S/C19H21N3O5S/c23-16(13-4-1-2-8-20-13)17-15(14-5-3-9-26-14)21-18(28-17)22-19(24)27-12-6-10-25-11-7-12/h1-3,5,8-9,12-13,15,17H,4,6-7,10-11H2,(H,21,22,24). The first-order valence-corrected chi connectivity index (χ1v) is 10.1. The molecule has 3 unspecified atom stereocenters. The van der Waals surface area contributed by atoms with Crippen molar-refractivity contribution >= 4 is 35.0 Å². The summed E-state index contributed by atoms with van der Waals surface area (Å²) in [5.41, 5.74) is 0. The number of amidine groups is 1. The highest BCUT2D eigenvalue weighted by Gasteiger charge is 2.41. The molecule has 0 aromatic carbocycles. The SMILES string of the molecule is O=C(NC1=NC(c2ccco2)C(C(=O)C2CC=CC=N2)S1)OC1CCOCC1. The molecule has 9 heteroatoms. The quantitative estimate of drug-likeness (QED) is 0.829. The van der Waals surface area contributed by atoms with Gasteiger partial charge >= 0.3 is 6.09 Å². The van der Waals surface area contributed by atoms with E-state index in [-0.39, 0.29) is 11.9 Å². The van der Waals surface area contributed by atoms with Crippen molar-refractivity contribution in [3.8, 4) is 0 Å². The van der Waals surface area contributed by atoms with Gasteiger partial charge in [0.25, 0.3) is 0 Å². The number of nitrogens with zero attached hydrogens (tertiary/aromatic N) is 2. The minimum absolute atomic E-state index is 0.0367. The van der Waals surface area contributed by atoms with E-state index in [1.807, 2.05) is 12.2 Å². The van der Waals surface area contributed by atoms with Crippen molar-refractivity contribution < 1.29 is 23.5 Å². The minimum Gasteiger partial charge on any atom is -0.467 e. The molecule has 1 N–H and O–H groups in total. The highest BCUT2D eigenvalue weighted by atomic mass is 32.2. The van der Waals surface area contributed by atoms with E-state index in [9.17, 15) is 9.59 Å². The van der Waals surface area contributed by atoms with Gasteiger partial charge in [-0.25, -0.2) is 9.79 Å². The predicted molar refractivity (Wildman–Crippen MR) is 105 cm³/mol. The number of amides is 1. The first kappa shape index (κ1) is 18.9. The van der Waals surface area contributed by atoms with Crippen molar-refractivity contribution in [3.05, 3.63) is 36.3 Å². The largest absolute Gasteiger partial charge is 0.467 e. The maximum atomic E-state index is 13.0. The second kappa shape index (κ2) is 8.74. The van der Waals surface area contributed by atoms with Gasteiger partial charge in [-0.15, -0.1) is 0 Å². The van der Waals surface area contributed by atoms with Gasteiger partial charge in [0.2, 0.25) is 0 Å². The lowest BCUT2D eigenvalue weighted by Crippen LogP contribution is -2.35. The van der Waals surface area contributed by atoms with Gasteiger partial charge in [-0.05, 0) is 24.6 Å². The lowest BCUT2D eigenvalue weighted by Gasteiger charge is -2.22. The molecule has 3 atom stereocenters. The summed E-state index contributed by atoms with van der Waals surface area (Å²) in [5, 5.41) is 2.51. The van der Waals surface area contributed by atoms with Crippen LogP contribution in [-0.2, 0) is 14.3 Å². The summed E-state index contributed by atoms with van der Waals surface area (Å²) in [4.78, 5) is 34.0. The number of carbonyl (C=O) groups excluding carboxylic acids is 2. The summed E-state index contributed by atoms with van der Waals surface area (Å²) in [5.74, 6) is 0.543. The summed E-state index contributed by atoms with van der Waals surface area (Å²) in [6, 6.07) is 2.59. The summed E-state index contributed by atoms with van der Waals surface area (Å²) in [6.45, 7) is 1.17. The number of ether oxygens (including phenoxy) is 2. The van der Waals surface area contributed by atoms with Gasteiger partial charge in [-0.3, -0.25) is 15.1 Å². The molecule has 8 nitrogen and oxygen atoms in total. The average molecular weight is 403 g/mol. The zero-order chi connectivity index (χ0) is 19.3. The molecule has 1 saturated heterocycles. The van der Waals surface area contributed by atoms with Crippen molar-refractivity contribution in [2.24, 2.45) is 9.98 Å². The molecule has 0 bridgehead atoms. The molecule has 3 aliphatic heterocycles. The molecule has 0 saturated carbocycles. The zero-order valence-corrected chi connectivity index (χ0v) is 16.0. The van der Waals surface area contributed by atoms with Crippen LogP contribution in [0, 0.1) is 0 Å². The number of aliphatic imine (C=N–C) groups is 2. The number of allylic oxidation sites excluding steroid dienone is 1. The molecule has 4 rings (SSSR count). The van der Waals surface area contributed by atoms with E-state index in [4.69, 9.17) is 13.9 Å². The maximum absolute atomic E-state index is 13.0. The van der Waals surface area contributed by atoms with Gasteiger partial charge in [0.15, 0.2) is 11.0 Å². The fraction of sp³-hybridized carbons (Fsp3) is 0.474. The number of nitrogens with one attached hydrogen (secondary N) is 1. The van der Waals surface area contributed by atoms with E-state index in [1.165, 1.54) is 11.8 Å². The third kappa shape index (κ3) is 4.36. The first-order chi connectivity index (χ1) is 13.7. The second-order valence-electron chi connectivity index (χ2n) is 6.66. The van der Waals surface area contributed by atoms with Gasteiger partial charge in [-0.1, -0.05) is 17.8 Å². The number of ketones is 1. The Bertz CT molecular complexity index is 799. The van der Waals surface area contributed by atoms with Crippen LogP contribution in [0.25, 0.3) is 0 Å². The molecule has 148 valence electrons. The Kier molecular flexibility index (Phi) is 5.92. The van der Waals surface area contributed by atoms with E-state index < -0.39 is 23.4 Å². The number of rotatable bonds is 4. The topological polar surface area (TPSA) is 102 Å². The number of thioether (sulfide) groups is 1. The van der Waals surface area contributed by atoms with Crippen molar-refractivity contribution in [2.75, 3.05) is 13.2 Å². The van der Waals surface area contributed by atoms with Crippen LogP contribution < -0.4 is 5.32 Å². The monoisotopic (exact) mass is 403 g/mol. The molecule has 1 aromatic heterocycles. The lowest BCUT2D eigenvalue weighted by atomic mass is 9.99. The molecule has 1 aromatic rings. The summed E-state index contributed by atoms with van der Waals surface area (Å²) in [7, 11) is 0. The van der Waals surface area contributed by atoms with Crippen molar-refractivity contribution in [2.45, 2.75) is 42.7 Å². The van der Waals surface area contributed by atoms with E-state index in [1.54, 1.807) is 24.6 Å². The van der Waals surface area contributed by atoms with Crippen LogP contribution >= 0.6 is 11.8 Å². The second-order valence-corrected chi connectivity index (χ2v) is 7.79. The van der Waals surface area contributed by atoms with Crippen LogP contribution in [0.5, 0.6) is 0 Å². The number of furan rings is 1. The van der Waals surface area contributed by atoms with Gasteiger partial charge in [0.1, 0.15) is 29.2 Å². The Morgan fingerprint density at radius 3 is 2.86 bits per heavy atom. The summed E-state index contributed by atoms with van der Waals surface area (Å²) < 4.78 is 16.2. The number of alkyl carbamates (subject to hydrolysis) is 1. The van der Waals surface area contributed by atoms with Gasteiger partial charge in [0.05, 0.1) is 19.5 Å². The van der Waals surface area contributed by atoms with Crippen molar-refractivity contribution in [3.63, 3.8) is 0 Å². The lowest BCUT2D eigenvalue weighted by molar-refractivity contribution is -0.120. The van der Waals surface area contributed by atoms with E-state index in [0.717, 1.165) is 0 Å². The Hall–Kier alpha value is -2.39. The fourth-order valence-corrected chi connectivity index (χ4v) is 4.44. The van der Waals surface area contributed by atoms with Crippen molar-refractivity contribution in [1.29, 1.82) is 0 Å². The summed E-state index contributed by atoms with van der Waals surface area (Å²) >= 11 is 1.21. The van der Waals surface area contributed by atoms with Gasteiger partial charge in [0, 0.05) is 19.1 Å². The molecule has 4 heterocycles. The third-order valence-electron chi connectivity index (χ3n) is 4.72. The normalized spacial score (nSPS) is 27.4. The molecule has 0 spiro atoms. The first-order valence-electron chi connectivity index (χ1n) is 9.26. The van der Waals surface area contributed by atoms with Crippen LogP contribution in [-0.4, -0.2) is 53.9 Å². The number of hydrogen-bond acceptors (Lipinski definition) is 8. The van der Waals surface area contributed by atoms with E-state index >= 15 is 0 Å². The molecule has 3 aliphatic rings. The molecule has 1 fully saturated rings. The molecule has 0 aliphatic carbocycles. The number of Topliss-reactive ketones (excluding diaryl/α,β-unsaturated/α-hetero) is 1. The van der Waals surface area contributed by atoms with E-state index in [0.29, 0.717) is 43.4 Å². The van der Waals surface area contributed by atoms with Crippen LogP contribution in [0.4, 0.5) is 4.79 Å². The third-order valence-corrected chi connectivity index (χ3v) is 5.90. The maximum Gasteiger partial charge on any atom is 0.413 e. The Labute approximate surface area is 166 Å². The predicted octanol–water partition coefficient (Wildman–Crippen LogP) is 2.67. The molecule has 0 radical (unpaired) electrons. The van der Waals surface area contributed by atoms with Crippen LogP contribution in [0.3, 0.4) is 0 Å². The van der Waals surface area contributed by atoms with Crippen molar-refractivity contribution in [1.82, 2.24) is 5.32 Å². The Morgan fingerprint density at radius 2 is 2.14 bits per heavy atom. The van der Waals surface area contributed by atoms with Crippen LogP contribution in [0.1, 0.15) is 31.1 Å². The molecule has 28 heavy (non-hydrogen) atoms. The zero-order valence-electron chi connectivity index (χ0n) is 15.2. The fourth-order valence-electron chi connectivity index (χ4n) is 3.28. The Morgan fingerprint density at radius 1 is 1.29 bits per heavy atom. The van der Waals surface area contributed by atoms with Gasteiger partial charge < -0.3 is 13.9 Å². The number of carbonyl (C=O) groups is 2. The molecular formula is C19H21N3O5S. The van der Waals surface area contributed by atoms with Gasteiger partial charge in [-0.2, -0.15) is 0 Å². The highest BCUT2D eigenvalue weighted by molar-refractivity contribution is 8.15. The highest BCUT2D eigenvalue weighted by Crippen LogP contribution is 2.39. The number of hydrogen-bond donors (Lipinski definition) is 1. The smallest absolute Gasteiger partial charge is 0.413 e. The Balaban J connectivity index is 1.43. The minimum atomic E-state index is -0.567. The summed E-state index contributed by atoms with van der Waals surface area (Å²) in [6.07, 6.45) is 8.11. The average Bonchev–Trinajstić information content (AvgIpc) is 3.38. The molecular weight excluding hydrogens is 382 g/mol. The molecule has 1 amide bonds. The van der Waals surface area contributed by atoms with Crippen LogP contribution in [0.2, 0.25) is 0 Å². The van der Waals surface area contributed by atoms with E-state index in [2.05, 4.69) is 15.3 Å².